The van der Waals surface area contributed by atoms with Crippen LogP contribution in [0.4, 0.5) is 23.2 Å². The number of nitrogens with zero attached hydrogens (tertiary/aromatic N) is 5. The van der Waals surface area contributed by atoms with Gasteiger partial charge in [0.1, 0.15) is 5.69 Å². The molecule has 3 fully saturated rings. The van der Waals surface area contributed by atoms with Crippen molar-refractivity contribution in [3.8, 4) is 10.7 Å². The highest BCUT2D eigenvalue weighted by molar-refractivity contribution is 7.97. The Morgan fingerprint density at radius 3 is 2.44 bits per heavy atom. The number of halogens is 4. The number of anilines is 1. The predicted octanol–water partition coefficient (Wildman–Crippen LogP) is 4.80. The third-order valence-electron chi connectivity index (χ3n) is 6.97. The molecule has 0 bridgehead atoms. The van der Waals surface area contributed by atoms with E-state index in [1.807, 2.05) is 6.07 Å². The van der Waals surface area contributed by atoms with E-state index in [9.17, 15) is 17.6 Å². The summed E-state index contributed by atoms with van der Waals surface area (Å²) in [6, 6.07) is 1.96. The molecule has 34 heavy (non-hydrogen) atoms. The quantitative estimate of drug-likeness (QED) is 0.359. The van der Waals surface area contributed by atoms with Crippen molar-refractivity contribution in [2.75, 3.05) is 31.2 Å². The lowest BCUT2D eigenvalue weighted by atomic mass is 9.77. The van der Waals surface area contributed by atoms with E-state index in [4.69, 9.17) is 4.74 Å². The highest BCUT2D eigenvalue weighted by Gasteiger charge is 2.51. The maximum absolute atomic E-state index is 13.4. The summed E-state index contributed by atoms with van der Waals surface area (Å²) in [5.41, 5.74) is 1.20. The van der Waals surface area contributed by atoms with Crippen LogP contribution >= 0.6 is 23.3 Å². The van der Waals surface area contributed by atoms with E-state index in [1.165, 1.54) is 11.9 Å². The summed E-state index contributed by atoms with van der Waals surface area (Å²) in [5, 5.41) is 7.51. The van der Waals surface area contributed by atoms with Gasteiger partial charge in [-0.25, -0.2) is 27.3 Å². The fourth-order valence-corrected chi connectivity index (χ4v) is 6.13. The van der Waals surface area contributed by atoms with Crippen molar-refractivity contribution in [1.82, 2.24) is 24.3 Å². The fraction of sp³-hybridized carbons (Fsp3) is 0.571. The lowest BCUT2D eigenvalue weighted by Crippen LogP contribution is -2.51. The van der Waals surface area contributed by atoms with Crippen LogP contribution in [0.1, 0.15) is 37.1 Å². The first-order valence-corrected chi connectivity index (χ1v) is 12.7. The molecule has 6 rings (SSSR count). The van der Waals surface area contributed by atoms with Crippen LogP contribution in [0.25, 0.3) is 16.3 Å². The highest BCUT2D eigenvalue weighted by Crippen LogP contribution is 2.45. The molecule has 1 spiro atoms. The molecule has 0 unspecified atom stereocenters. The summed E-state index contributed by atoms with van der Waals surface area (Å²) < 4.78 is 63.2. The molecule has 0 aromatic carbocycles. The van der Waals surface area contributed by atoms with Crippen molar-refractivity contribution in [3.63, 3.8) is 0 Å². The second-order valence-electron chi connectivity index (χ2n) is 9.29. The van der Waals surface area contributed by atoms with E-state index in [2.05, 4.69) is 24.8 Å². The average molecular weight is 515 g/mol. The number of rotatable bonds is 7. The number of ether oxygens (including phenoxy) is 1. The van der Waals surface area contributed by atoms with Crippen LogP contribution in [0.15, 0.2) is 23.4 Å². The third-order valence-corrected chi connectivity index (χ3v) is 8.89. The summed E-state index contributed by atoms with van der Waals surface area (Å²) in [7, 11) is 0. The molecule has 5 heterocycles. The zero-order chi connectivity index (χ0) is 23.5. The summed E-state index contributed by atoms with van der Waals surface area (Å²) in [6.07, 6.45) is 1.12. The molecular formula is C21H22F4N6OS2. The summed E-state index contributed by atoms with van der Waals surface area (Å²) in [5.74, 6) is 0. The standard InChI is InChI=1S/C21H22F4N6OS2/c22-15(23)18-28-27-17(33-18)14-8-26-16-13(30-5-3-20(4-6-30)10-32-11-20)7-12(9-31(14)16)34-29-21(1-2-21)19(24)25/h7-9,15,19,29H,1-6,10-11H2. The Morgan fingerprint density at radius 1 is 1.09 bits per heavy atom. The van der Waals surface area contributed by atoms with Crippen LogP contribution < -0.4 is 9.62 Å². The van der Waals surface area contributed by atoms with Crippen molar-refractivity contribution in [2.24, 2.45) is 5.41 Å². The number of hydrogen-bond donors (Lipinski definition) is 1. The molecular weight excluding hydrogens is 492 g/mol. The molecule has 3 aliphatic rings. The van der Waals surface area contributed by atoms with Gasteiger partial charge >= 0.3 is 0 Å². The lowest BCUT2D eigenvalue weighted by Gasteiger charge is -2.47. The Labute approximate surface area is 201 Å². The number of imidazole rings is 1. The van der Waals surface area contributed by atoms with Crippen LogP contribution in [-0.4, -0.2) is 57.8 Å². The van der Waals surface area contributed by atoms with Gasteiger partial charge in [-0.15, -0.1) is 10.2 Å². The summed E-state index contributed by atoms with van der Waals surface area (Å²) in [6.45, 7) is 3.25. The normalized spacial score (nSPS) is 21.1. The molecule has 2 saturated heterocycles. The zero-order valence-corrected chi connectivity index (χ0v) is 19.6. The van der Waals surface area contributed by atoms with Crippen molar-refractivity contribution < 1.29 is 22.3 Å². The zero-order valence-electron chi connectivity index (χ0n) is 18.0. The minimum absolute atomic E-state index is 0.259. The Bertz CT molecular complexity index is 1200. The maximum Gasteiger partial charge on any atom is 0.291 e. The number of aromatic nitrogens is 4. The first kappa shape index (κ1) is 22.5. The average Bonchev–Trinajstić information content (AvgIpc) is 3.24. The molecule has 2 aliphatic heterocycles. The van der Waals surface area contributed by atoms with Crippen molar-refractivity contribution in [3.05, 3.63) is 23.5 Å². The predicted molar refractivity (Wildman–Crippen MR) is 121 cm³/mol. The molecule has 3 aromatic heterocycles. The second-order valence-corrected chi connectivity index (χ2v) is 11.2. The molecule has 1 N–H and O–H groups in total. The minimum Gasteiger partial charge on any atom is -0.380 e. The largest absolute Gasteiger partial charge is 0.380 e. The Balaban J connectivity index is 1.36. The first-order chi connectivity index (χ1) is 16.4. The van der Waals surface area contributed by atoms with Gasteiger partial charge in [-0.1, -0.05) is 11.3 Å². The minimum atomic E-state index is -2.70. The number of hydrogen-bond acceptors (Lipinski definition) is 8. The van der Waals surface area contributed by atoms with Gasteiger partial charge in [0.25, 0.3) is 12.9 Å². The van der Waals surface area contributed by atoms with E-state index in [0.29, 0.717) is 29.2 Å². The Hall–Kier alpha value is -1.96. The van der Waals surface area contributed by atoms with Crippen molar-refractivity contribution in [1.29, 1.82) is 0 Å². The van der Waals surface area contributed by atoms with Crippen LogP contribution in [0, 0.1) is 5.41 Å². The van der Waals surface area contributed by atoms with Crippen LogP contribution in [0.3, 0.4) is 0 Å². The number of alkyl halides is 4. The Morgan fingerprint density at radius 2 is 1.85 bits per heavy atom. The monoisotopic (exact) mass is 514 g/mol. The summed E-state index contributed by atoms with van der Waals surface area (Å²) in [4.78, 5) is 7.57. The molecule has 3 aromatic rings. The molecule has 0 radical (unpaired) electrons. The van der Waals surface area contributed by atoms with Crippen LogP contribution in [-0.2, 0) is 4.74 Å². The van der Waals surface area contributed by atoms with E-state index in [1.54, 1.807) is 16.8 Å². The van der Waals surface area contributed by atoms with E-state index in [-0.39, 0.29) is 10.4 Å². The molecule has 1 aliphatic carbocycles. The van der Waals surface area contributed by atoms with Gasteiger partial charge in [0, 0.05) is 29.6 Å². The van der Waals surface area contributed by atoms with Crippen LogP contribution in [0.5, 0.6) is 0 Å². The van der Waals surface area contributed by atoms with Crippen molar-refractivity contribution in [2.45, 2.75) is 49.0 Å². The van der Waals surface area contributed by atoms with Gasteiger partial charge < -0.3 is 9.64 Å². The number of nitrogens with one attached hydrogen (secondary N) is 1. The second kappa shape index (κ2) is 8.32. The SMILES string of the molecule is FC(F)c1nnc(-c2cnc3c(N4CCC5(CC4)COC5)cc(SNC4(C(F)F)CC4)cn23)s1. The smallest absolute Gasteiger partial charge is 0.291 e. The number of fused-ring (bicyclic) bond motifs is 1. The first-order valence-electron chi connectivity index (χ1n) is 11.1. The van der Waals surface area contributed by atoms with Gasteiger partial charge in [0.15, 0.2) is 15.7 Å². The topological polar surface area (TPSA) is 67.6 Å². The summed E-state index contributed by atoms with van der Waals surface area (Å²) >= 11 is 1.99. The highest BCUT2D eigenvalue weighted by atomic mass is 32.2. The molecule has 0 amide bonds. The van der Waals surface area contributed by atoms with Gasteiger partial charge in [0.05, 0.1) is 30.6 Å². The molecule has 13 heteroatoms. The van der Waals surface area contributed by atoms with E-state index >= 15 is 0 Å². The molecule has 1 saturated carbocycles. The van der Waals surface area contributed by atoms with Crippen molar-refractivity contribution >= 4 is 34.6 Å². The molecule has 182 valence electrons. The molecule has 0 atom stereocenters. The van der Waals surface area contributed by atoms with Crippen LogP contribution in [0.2, 0.25) is 0 Å². The fourth-order valence-electron chi connectivity index (χ4n) is 4.48. The van der Waals surface area contributed by atoms with Gasteiger partial charge in [-0.3, -0.25) is 4.40 Å². The van der Waals surface area contributed by atoms with Gasteiger partial charge in [0.2, 0.25) is 0 Å². The third kappa shape index (κ3) is 3.86. The van der Waals surface area contributed by atoms with E-state index < -0.39 is 18.4 Å². The Kier molecular flexibility index (Phi) is 5.50. The van der Waals surface area contributed by atoms with Gasteiger partial charge in [-0.2, -0.15) is 0 Å². The molecule has 7 nitrogen and oxygen atoms in total. The maximum atomic E-state index is 13.4. The lowest BCUT2D eigenvalue weighted by molar-refractivity contribution is -0.124. The number of piperidine rings is 1. The number of pyridine rings is 1. The van der Waals surface area contributed by atoms with E-state index in [0.717, 1.165) is 61.1 Å². The van der Waals surface area contributed by atoms with Gasteiger partial charge in [-0.05, 0) is 43.7 Å².